The van der Waals surface area contributed by atoms with E-state index in [0.29, 0.717) is 6.04 Å². The molecular formula is C15H18N2O. The molecule has 3 heteroatoms. The summed E-state index contributed by atoms with van der Waals surface area (Å²) in [6.45, 7) is 3.85. The molecule has 1 atom stereocenters. The summed E-state index contributed by atoms with van der Waals surface area (Å²) in [7, 11) is 0. The summed E-state index contributed by atoms with van der Waals surface area (Å²) >= 11 is 0. The minimum atomic E-state index is 0.437. The first-order valence-electron chi connectivity index (χ1n) is 6.59. The van der Waals surface area contributed by atoms with Crippen molar-refractivity contribution in [2.75, 3.05) is 13.2 Å². The Balaban J connectivity index is 2.03. The van der Waals surface area contributed by atoms with Crippen LogP contribution in [0.3, 0.4) is 0 Å². The summed E-state index contributed by atoms with van der Waals surface area (Å²) in [5.74, 6) is 1.07. The maximum Gasteiger partial charge on any atom is 0.140 e. The van der Waals surface area contributed by atoms with Crippen LogP contribution >= 0.6 is 0 Å². The van der Waals surface area contributed by atoms with Gasteiger partial charge in [0.2, 0.25) is 0 Å². The van der Waals surface area contributed by atoms with Crippen molar-refractivity contribution in [1.29, 1.82) is 0 Å². The third-order valence-corrected chi connectivity index (χ3v) is 3.61. The Bertz CT molecular complexity index is 527. The molecule has 0 radical (unpaired) electrons. The van der Waals surface area contributed by atoms with Gasteiger partial charge in [-0.25, -0.2) is 4.98 Å². The highest BCUT2D eigenvalue weighted by Gasteiger charge is 2.21. The van der Waals surface area contributed by atoms with E-state index in [-0.39, 0.29) is 0 Å². The van der Waals surface area contributed by atoms with Gasteiger partial charge in [0, 0.05) is 24.6 Å². The molecule has 1 aromatic heterocycles. The van der Waals surface area contributed by atoms with Crippen LogP contribution in [0, 0.1) is 0 Å². The van der Waals surface area contributed by atoms with E-state index >= 15 is 0 Å². The Morgan fingerprint density at radius 2 is 2.28 bits per heavy atom. The smallest absolute Gasteiger partial charge is 0.140 e. The van der Waals surface area contributed by atoms with Crippen molar-refractivity contribution in [3.63, 3.8) is 0 Å². The first-order chi connectivity index (χ1) is 8.90. The Hall–Kier alpha value is -1.61. The summed E-state index contributed by atoms with van der Waals surface area (Å²) < 4.78 is 7.75. The third-order valence-electron chi connectivity index (χ3n) is 3.61. The first kappa shape index (κ1) is 11.5. The van der Waals surface area contributed by atoms with Gasteiger partial charge in [0.15, 0.2) is 0 Å². The van der Waals surface area contributed by atoms with Crippen LogP contribution in [-0.2, 0) is 11.2 Å². The molecule has 0 spiro atoms. The van der Waals surface area contributed by atoms with Crippen LogP contribution in [0.25, 0.3) is 11.4 Å². The van der Waals surface area contributed by atoms with E-state index in [0.717, 1.165) is 31.9 Å². The standard InChI is InChI=1S/C15H18N2O/c1-2-12-5-3-4-6-14(12)15-16-8-9-17(15)13-7-10-18-11-13/h3-6,8-9,13H,2,7,10-11H2,1H3. The lowest BCUT2D eigenvalue weighted by atomic mass is 10.0. The number of ether oxygens (including phenoxy) is 1. The molecule has 0 aliphatic carbocycles. The van der Waals surface area contributed by atoms with Crippen LogP contribution in [0.2, 0.25) is 0 Å². The zero-order chi connectivity index (χ0) is 12.4. The van der Waals surface area contributed by atoms with E-state index in [9.17, 15) is 0 Å². The molecule has 0 bridgehead atoms. The lowest BCUT2D eigenvalue weighted by Crippen LogP contribution is -2.09. The van der Waals surface area contributed by atoms with Gasteiger partial charge in [-0.3, -0.25) is 0 Å². The maximum atomic E-state index is 5.48. The normalized spacial score (nSPS) is 19.3. The van der Waals surface area contributed by atoms with Gasteiger partial charge in [0.05, 0.1) is 12.6 Å². The van der Waals surface area contributed by atoms with E-state index in [2.05, 4.69) is 46.9 Å². The molecule has 1 fully saturated rings. The summed E-state index contributed by atoms with van der Waals surface area (Å²) in [4.78, 5) is 4.55. The third kappa shape index (κ3) is 1.95. The Morgan fingerprint density at radius 1 is 1.39 bits per heavy atom. The number of aromatic nitrogens is 2. The number of hydrogen-bond donors (Lipinski definition) is 0. The molecular weight excluding hydrogens is 224 g/mol. The number of aryl methyl sites for hydroxylation is 1. The number of benzene rings is 1. The summed E-state index contributed by atoms with van der Waals surface area (Å²) in [6.07, 6.45) is 6.07. The van der Waals surface area contributed by atoms with Crippen LogP contribution < -0.4 is 0 Å². The van der Waals surface area contributed by atoms with Crippen molar-refractivity contribution < 1.29 is 4.74 Å². The quantitative estimate of drug-likeness (QED) is 0.827. The second-order valence-corrected chi connectivity index (χ2v) is 4.69. The highest BCUT2D eigenvalue weighted by atomic mass is 16.5. The molecule has 0 amide bonds. The molecule has 0 N–H and O–H groups in total. The largest absolute Gasteiger partial charge is 0.379 e. The summed E-state index contributed by atoms with van der Waals surface area (Å²) in [5.41, 5.74) is 2.60. The first-order valence-corrected chi connectivity index (χ1v) is 6.59. The van der Waals surface area contributed by atoms with E-state index in [1.54, 1.807) is 0 Å². The fourth-order valence-corrected chi connectivity index (χ4v) is 2.60. The molecule has 1 unspecified atom stereocenters. The van der Waals surface area contributed by atoms with E-state index in [1.165, 1.54) is 11.1 Å². The zero-order valence-corrected chi connectivity index (χ0v) is 10.7. The highest BCUT2D eigenvalue weighted by Crippen LogP contribution is 2.28. The molecule has 94 valence electrons. The van der Waals surface area contributed by atoms with Crippen molar-refractivity contribution in [2.24, 2.45) is 0 Å². The van der Waals surface area contributed by atoms with Gasteiger partial charge < -0.3 is 9.30 Å². The highest BCUT2D eigenvalue weighted by molar-refractivity contribution is 5.60. The molecule has 2 heterocycles. The minimum absolute atomic E-state index is 0.437. The molecule has 2 aromatic rings. The molecule has 1 saturated heterocycles. The molecule has 0 saturated carbocycles. The number of hydrogen-bond acceptors (Lipinski definition) is 2. The van der Waals surface area contributed by atoms with Crippen molar-refractivity contribution >= 4 is 0 Å². The van der Waals surface area contributed by atoms with Gasteiger partial charge in [0.25, 0.3) is 0 Å². The van der Waals surface area contributed by atoms with Crippen LogP contribution in [-0.4, -0.2) is 22.8 Å². The van der Waals surface area contributed by atoms with Crippen LogP contribution in [0.5, 0.6) is 0 Å². The second-order valence-electron chi connectivity index (χ2n) is 4.69. The summed E-state index contributed by atoms with van der Waals surface area (Å²) in [5, 5.41) is 0. The van der Waals surface area contributed by atoms with E-state index in [1.807, 2.05) is 6.20 Å². The van der Waals surface area contributed by atoms with Gasteiger partial charge >= 0.3 is 0 Å². The van der Waals surface area contributed by atoms with Crippen molar-refractivity contribution in [1.82, 2.24) is 9.55 Å². The molecule has 18 heavy (non-hydrogen) atoms. The monoisotopic (exact) mass is 242 g/mol. The Morgan fingerprint density at radius 3 is 3.06 bits per heavy atom. The maximum absolute atomic E-state index is 5.48. The second kappa shape index (κ2) is 4.94. The van der Waals surface area contributed by atoms with Crippen molar-refractivity contribution in [2.45, 2.75) is 25.8 Å². The Labute approximate surface area is 107 Å². The van der Waals surface area contributed by atoms with E-state index in [4.69, 9.17) is 4.74 Å². The van der Waals surface area contributed by atoms with Gasteiger partial charge in [0.1, 0.15) is 5.82 Å². The fraction of sp³-hybridized carbons (Fsp3) is 0.400. The molecule has 1 aliphatic rings. The Kier molecular flexibility index (Phi) is 3.15. The molecule has 1 aromatic carbocycles. The lowest BCUT2D eigenvalue weighted by Gasteiger charge is -2.15. The number of nitrogens with zero attached hydrogens (tertiary/aromatic N) is 2. The van der Waals surface area contributed by atoms with E-state index < -0.39 is 0 Å². The predicted octanol–water partition coefficient (Wildman–Crippen LogP) is 3.07. The van der Waals surface area contributed by atoms with Crippen molar-refractivity contribution in [3.8, 4) is 11.4 Å². The predicted molar refractivity (Wildman–Crippen MR) is 71.5 cm³/mol. The lowest BCUT2D eigenvalue weighted by molar-refractivity contribution is 0.187. The SMILES string of the molecule is CCc1ccccc1-c1nccn1C1CCOC1. The zero-order valence-electron chi connectivity index (χ0n) is 10.7. The van der Waals surface area contributed by atoms with Gasteiger partial charge in [-0.2, -0.15) is 0 Å². The topological polar surface area (TPSA) is 27.1 Å². The number of rotatable bonds is 3. The van der Waals surface area contributed by atoms with Gasteiger partial charge in [-0.15, -0.1) is 0 Å². The summed E-state index contributed by atoms with van der Waals surface area (Å²) in [6, 6.07) is 8.95. The molecule has 3 nitrogen and oxygen atoms in total. The van der Waals surface area contributed by atoms with Gasteiger partial charge in [-0.1, -0.05) is 31.2 Å². The molecule has 3 rings (SSSR count). The average molecular weight is 242 g/mol. The molecule has 1 aliphatic heterocycles. The van der Waals surface area contributed by atoms with Crippen molar-refractivity contribution in [3.05, 3.63) is 42.2 Å². The average Bonchev–Trinajstić information content (AvgIpc) is 3.09. The number of imidazole rings is 1. The van der Waals surface area contributed by atoms with Crippen LogP contribution in [0.15, 0.2) is 36.7 Å². The van der Waals surface area contributed by atoms with Gasteiger partial charge in [-0.05, 0) is 18.4 Å². The fourth-order valence-electron chi connectivity index (χ4n) is 2.60. The van der Waals surface area contributed by atoms with Crippen LogP contribution in [0.4, 0.5) is 0 Å². The minimum Gasteiger partial charge on any atom is -0.379 e. The van der Waals surface area contributed by atoms with Crippen LogP contribution in [0.1, 0.15) is 24.9 Å².